The maximum absolute atomic E-state index is 12.0. The van der Waals surface area contributed by atoms with E-state index < -0.39 is 0 Å². The van der Waals surface area contributed by atoms with Gasteiger partial charge in [0.1, 0.15) is 5.75 Å². The van der Waals surface area contributed by atoms with Crippen molar-refractivity contribution in [3.8, 4) is 17.2 Å². The van der Waals surface area contributed by atoms with E-state index >= 15 is 0 Å². The summed E-state index contributed by atoms with van der Waals surface area (Å²) in [4.78, 5) is 12.0. The van der Waals surface area contributed by atoms with Crippen LogP contribution in [0.5, 0.6) is 17.2 Å². The number of hydrogen-bond acceptors (Lipinski definition) is 4. The van der Waals surface area contributed by atoms with Gasteiger partial charge in [-0.15, -0.1) is 0 Å². The summed E-state index contributed by atoms with van der Waals surface area (Å²) in [6.45, 7) is 2.21. The summed E-state index contributed by atoms with van der Waals surface area (Å²) in [5.41, 5.74) is 1.91. The number of halogens is 1. The molecule has 1 amide bonds. The van der Waals surface area contributed by atoms with Crippen LogP contribution in [0.3, 0.4) is 0 Å². The molecule has 0 aliphatic heterocycles. The average Bonchev–Trinajstić information content (AvgIpc) is 2.60. The molecule has 2 aromatic carbocycles. The summed E-state index contributed by atoms with van der Waals surface area (Å²) in [6.07, 6.45) is 0. The lowest BCUT2D eigenvalue weighted by atomic mass is 10.1. The van der Waals surface area contributed by atoms with Crippen LogP contribution in [-0.4, -0.2) is 26.7 Å². The molecular weight excluding hydrogens is 330 g/mol. The lowest BCUT2D eigenvalue weighted by Crippen LogP contribution is -2.28. The van der Waals surface area contributed by atoms with Gasteiger partial charge in [0.25, 0.3) is 5.91 Å². The number of amides is 1. The van der Waals surface area contributed by atoms with E-state index in [4.69, 9.17) is 25.8 Å². The molecule has 6 heteroatoms. The molecule has 0 aromatic heterocycles. The lowest BCUT2D eigenvalue weighted by Gasteiger charge is -2.12. The zero-order chi connectivity index (χ0) is 17.5. The zero-order valence-electron chi connectivity index (χ0n) is 13.9. The van der Waals surface area contributed by atoms with Crippen LogP contribution in [0.1, 0.15) is 11.1 Å². The smallest absolute Gasteiger partial charge is 0.258 e. The van der Waals surface area contributed by atoms with E-state index in [1.54, 1.807) is 32.4 Å². The molecule has 0 unspecified atom stereocenters. The second-order valence-corrected chi connectivity index (χ2v) is 5.54. The van der Waals surface area contributed by atoms with Gasteiger partial charge < -0.3 is 19.5 Å². The standard InChI is InChI=1S/C18H20ClNO4/c1-12-8-17(23-3)14(19)9-13(12)10-20-18(21)11-24-16-7-5-4-6-15(16)22-2/h4-9H,10-11H2,1-3H3,(H,20,21). The zero-order valence-corrected chi connectivity index (χ0v) is 14.6. The number of para-hydroxylation sites is 2. The molecule has 0 atom stereocenters. The van der Waals surface area contributed by atoms with Gasteiger partial charge in [0.05, 0.1) is 19.2 Å². The first-order valence-corrected chi connectivity index (χ1v) is 7.78. The molecule has 0 radical (unpaired) electrons. The van der Waals surface area contributed by atoms with Crippen LogP contribution in [-0.2, 0) is 11.3 Å². The number of hydrogen-bond donors (Lipinski definition) is 1. The third-order valence-corrected chi connectivity index (χ3v) is 3.81. The fourth-order valence-electron chi connectivity index (χ4n) is 2.17. The van der Waals surface area contributed by atoms with Crippen LogP contribution in [0.2, 0.25) is 5.02 Å². The number of aryl methyl sites for hydroxylation is 1. The Morgan fingerprint density at radius 3 is 2.42 bits per heavy atom. The van der Waals surface area contributed by atoms with E-state index in [1.807, 2.05) is 25.1 Å². The Balaban J connectivity index is 1.91. The van der Waals surface area contributed by atoms with Gasteiger partial charge in [-0.25, -0.2) is 0 Å². The minimum atomic E-state index is -0.229. The largest absolute Gasteiger partial charge is 0.495 e. The lowest BCUT2D eigenvalue weighted by molar-refractivity contribution is -0.123. The molecule has 0 heterocycles. The average molecular weight is 350 g/mol. The van der Waals surface area contributed by atoms with Gasteiger partial charge in [-0.3, -0.25) is 4.79 Å². The van der Waals surface area contributed by atoms with E-state index in [1.165, 1.54) is 0 Å². The molecule has 24 heavy (non-hydrogen) atoms. The number of benzene rings is 2. The van der Waals surface area contributed by atoms with E-state index in [2.05, 4.69) is 5.32 Å². The van der Waals surface area contributed by atoms with E-state index in [0.717, 1.165) is 11.1 Å². The van der Waals surface area contributed by atoms with Crippen molar-refractivity contribution in [3.63, 3.8) is 0 Å². The van der Waals surface area contributed by atoms with Crippen LogP contribution < -0.4 is 19.5 Å². The summed E-state index contributed by atoms with van der Waals surface area (Å²) in [6, 6.07) is 10.8. The number of ether oxygens (including phenoxy) is 3. The predicted octanol–water partition coefficient (Wildman–Crippen LogP) is 3.36. The van der Waals surface area contributed by atoms with Crippen molar-refractivity contribution in [1.82, 2.24) is 5.32 Å². The summed E-state index contributed by atoms with van der Waals surface area (Å²) < 4.78 is 15.8. The van der Waals surface area contributed by atoms with Crippen molar-refractivity contribution in [3.05, 3.63) is 52.5 Å². The molecular formula is C18H20ClNO4. The van der Waals surface area contributed by atoms with E-state index in [9.17, 15) is 4.79 Å². The first-order chi connectivity index (χ1) is 11.5. The molecule has 2 rings (SSSR count). The quantitative estimate of drug-likeness (QED) is 0.832. The highest BCUT2D eigenvalue weighted by molar-refractivity contribution is 6.32. The SMILES string of the molecule is COc1cc(C)c(CNC(=O)COc2ccccc2OC)cc1Cl. The molecule has 0 spiro atoms. The van der Waals surface area contributed by atoms with Gasteiger partial charge >= 0.3 is 0 Å². The van der Waals surface area contributed by atoms with Crippen LogP contribution in [0, 0.1) is 6.92 Å². The van der Waals surface area contributed by atoms with E-state index in [-0.39, 0.29) is 12.5 Å². The van der Waals surface area contributed by atoms with Gasteiger partial charge in [-0.05, 0) is 42.3 Å². The number of carbonyl (C=O) groups excluding carboxylic acids is 1. The summed E-state index contributed by atoms with van der Waals surface area (Å²) in [7, 11) is 3.12. The number of rotatable bonds is 7. The molecule has 0 aliphatic carbocycles. The van der Waals surface area contributed by atoms with Crippen LogP contribution in [0.4, 0.5) is 0 Å². The van der Waals surface area contributed by atoms with Gasteiger partial charge in [0, 0.05) is 6.54 Å². The maximum Gasteiger partial charge on any atom is 0.258 e. The Kier molecular flexibility index (Phi) is 6.32. The number of methoxy groups -OCH3 is 2. The Bertz CT molecular complexity index is 718. The maximum atomic E-state index is 12.0. The fraction of sp³-hybridized carbons (Fsp3) is 0.278. The van der Waals surface area contributed by atoms with Crippen LogP contribution >= 0.6 is 11.6 Å². The monoisotopic (exact) mass is 349 g/mol. The van der Waals surface area contributed by atoms with Crippen molar-refractivity contribution >= 4 is 17.5 Å². The first kappa shape index (κ1) is 17.9. The third kappa shape index (κ3) is 4.55. The highest BCUT2D eigenvalue weighted by atomic mass is 35.5. The van der Waals surface area contributed by atoms with Crippen LogP contribution in [0.15, 0.2) is 36.4 Å². The predicted molar refractivity (Wildman–Crippen MR) is 93.1 cm³/mol. The summed E-state index contributed by atoms with van der Waals surface area (Å²) >= 11 is 6.12. The number of carbonyl (C=O) groups is 1. The van der Waals surface area contributed by atoms with Gasteiger partial charge in [-0.2, -0.15) is 0 Å². The summed E-state index contributed by atoms with van der Waals surface area (Å²) in [5.74, 6) is 1.50. The van der Waals surface area contributed by atoms with Gasteiger partial charge in [0.2, 0.25) is 0 Å². The Morgan fingerprint density at radius 1 is 1.08 bits per heavy atom. The Morgan fingerprint density at radius 2 is 1.75 bits per heavy atom. The van der Waals surface area contributed by atoms with Gasteiger partial charge in [-0.1, -0.05) is 23.7 Å². The van der Waals surface area contributed by atoms with Crippen LogP contribution in [0.25, 0.3) is 0 Å². The summed E-state index contributed by atoms with van der Waals surface area (Å²) in [5, 5.41) is 3.32. The third-order valence-electron chi connectivity index (χ3n) is 3.51. The van der Waals surface area contributed by atoms with Crippen molar-refractivity contribution in [2.45, 2.75) is 13.5 Å². The van der Waals surface area contributed by atoms with Crippen molar-refractivity contribution in [2.24, 2.45) is 0 Å². The molecule has 5 nitrogen and oxygen atoms in total. The molecule has 0 saturated heterocycles. The minimum Gasteiger partial charge on any atom is -0.495 e. The molecule has 128 valence electrons. The Hall–Kier alpha value is -2.40. The topological polar surface area (TPSA) is 56.8 Å². The molecule has 2 aromatic rings. The highest BCUT2D eigenvalue weighted by Gasteiger charge is 2.09. The Labute approximate surface area is 146 Å². The second kappa shape index (κ2) is 8.45. The minimum absolute atomic E-state index is 0.0939. The fourth-order valence-corrected chi connectivity index (χ4v) is 2.43. The molecule has 0 aliphatic rings. The van der Waals surface area contributed by atoms with Gasteiger partial charge in [0.15, 0.2) is 18.1 Å². The molecule has 0 saturated carbocycles. The van der Waals surface area contributed by atoms with Crippen molar-refractivity contribution < 1.29 is 19.0 Å². The van der Waals surface area contributed by atoms with Crippen molar-refractivity contribution in [1.29, 1.82) is 0 Å². The number of nitrogens with one attached hydrogen (secondary N) is 1. The highest BCUT2D eigenvalue weighted by Crippen LogP contribution is 2.28. The second-order valence-electron chi connectivity index (χ2n) is 5.13. The molecule has 1 N–H and O–H groups in total. The van der Waals surface area contributed by atoms with Crippen molar-refractivity contribution in [2.75, 3.05) is 20.8 Å². The van der Waals surface area contributed by atoms with E-state index in [0.29, 0.717) is 28.8 Å². The normalized spacial score (nSPS) is 10.2. The molecule has 0 bridgehead atoms. The first-order valence-electron chi connectivity index (χ1n) is 7.40. The molecule has 0 fully saturated rings.